The fourth-order valence-electron chi connectivity index (χ4n) is 1.46. The van der Waals surface area contributed by atoms with Crippen LogP contribution in [0.2, 0.25) is 0 Å². The molecule has 0 aliphatic heterocycles. The number of nitrogens with zero attached hydrogens (tertiary/aromatic N) is 1. The Labute approximate surface area is 86.5 Å². The van der Waals surface area contributed by atoms with Crippen molar-refractivity contribution in [1.29, 1.82) is 0 Å². The first-order chi connectivity index (χ1) is 6.66. The first-order valence-corrected chi connectivity index (χ1v) is 5.53. The maximum Gasteiger partial charge on any atom is 0.242 e. The van der Waals surface area contributed by atoms with Gasteiger partial charge in [0.1, 0.15) is 0 Å². The summed E-state index contributed by atoms with van der Waals surface area (Å²) in [6.45, 7) is 1.66. The van der Waals surface area contributed by atoms with Gasteiger partial charge in [-0.1, -0.05) is 0 Å². The van der Waals surface area contributed by atoms with E-state index in [1.165, 1.54) is 11.3 Å². The molecule has 0 radical (unpaired) electrons. The Morgan fingerprint density at radius 2 is 2.43 bits per heavy atom. The van der Waals surface area contributed by atoms with E-state index < -0.39 is 6.04 Å². The van der Waals surface area contributed by atoms with Crippen LogP contribution in [0.5, 0.6) is 0 Å². The van der Waals surface area contributed by atoms with E-state index in [1.807, 2.05) is 0 Å². The molecule has 1 aromatic rings. The third-order valence-electron chi connectivity index (χ3n) is 2.24. The van der Waals surface area contributed by atoms with E-state index in [1.54, 1.807) is 18.3 Å². The molecule has 1 aliphatic carbocycles. The predicted octanol–water partition coefficient (Wildman–Crippen LogP) is 0.918. The Balaban J connectivity index is 2.07. The molecule has 1 aliphatic rings. The molecule has 1 unspecified atom stereocenters. The van der Waals surface area contributed by atoms with Gasteiger partial charge in [0.2, 0.25) is 5.91 Å². The Morgan fingerprint density at radius 3 is 3.07 bits per heavy atom. The summed E-state index contributed by atoms with van der Waals surface area (Å²) in [7, 11) is 0. The minimum Gasteiger partial charge on any atom is -0.320 e. The van der Waals surface area contributed by atoms with Gasteiger partial charge in [0.15, 0.2) is 5.13 Å². The molecule has 5 heteroatoms. The average molecular weight is 211 g/mol. The molecule has 2 rings (SSSR count). The number of hydrogen-bond donors (Lipinski definition) is 2. The SMILES string of the molecule is CC(N)C(=O)Nc1nc2c(s1)CCC2. The summed E-state index contributed by atoms with van der Waals surface area (Å²) in [5.41, 5.74) is 6.59. The Kier molecular flexibility index (Phi) is 2.52. The minimum absolute atomic E-state index is 0.169. The lowest BCUT2D eigenvalue weighted by molar-refractivity contribution is -0.117. The normalized spacial score (nSPS) is 16.4. The summed E-state index contributed by atoms with van der Waals surface area (Å²) < 4.78 is 0. The molecule has 76 valence electrons. The van der Waals surface area contributed by atoms with Gasteiger partial charge in [0.05, 0.1) is 11.7 Å². The standard InChI is InChI=1S/C9H13N3OS/c1-5(10)8(13)12-9-11-6-3-2-4-7(6)14-9/h5H,2-4,10H2,1H3,(H,11,12,13). The lowest BCUT2D eigenvalue weighted by atomic mass is 10.3. The molecule has 4 nitrogen and oxygen atoms in total. The summed E-state index contributed by atoms with van der Waals surface area (Å²) in [6.07, 6.45) is 3.33. The van der Waals surface area contributed by atoms with Crippen LogP contribution in [0.15, 0.2) is 0 Å². The fraction of sp³-hybridized carbons (Fsp3) is 0.556. The number of carbonyl (C=O) groups excluding carboxylic acids is 1. The molecule has 3 N–H and O–H groups in total. The highest BCUT2D eigenvalue weighted by molar-refractivity contribution is 7.15. The van der Waals surface area contributed by atoms with E-state index in [-0.39, 0.29) is 5.91 Å². The van der Waals surface area contributed by atoms with Crippen molar-refractivity contribution in [2.75, 3.05) is 5.32 Å². The number of aryl methyl sites for hydroxylation is 2. The second-order valence-electron chi connectivity index (χ2n) is 3.52. The monoisotopic (exact) mass is 211 g/mol. The zero-order chi connectivity index (χ0) is 10.1. The summed E-state index contributed by atoms with van der Waals surface area (Å²) in [4.78, 5) is 16.9. The molecule has 0 bridgehead atoms. The number of amides is 1. The number of hydrogen-bond acceptors (Lipinski definition) is 4. The van der Waals surface area contributed by atoms with Crippen LogP contribution in [0.25, 0.3) is 0 Å². The molecule has 1 aromatic heterocycles. The van der Waals surface area contributed by atoms with Crippen molar-refractivity contribution < 1.29 is 4.79 Å². The molecular weight excluding hydrogens is 198 g/mol. The number of carbonyl (C=O) groups is 1. The molecule has 0 saturated heterocycles. The number of aromatic nitrogens is 1. The number of fused-ring (bicyclic) bond motifs is 1. The highest BCUT2D eigenvalue weighted by Gasteiger charge is 2.18. The van der Waals surface area contributed by atoms with Crippen LogP contribution < -0.4 is 11.1 Å². The van der Waals surface area contributed by atoms with Gasteiger partial charge < -0.3 is 11.1 Å². The van der Waals surface area contributed by atoms with E-state index in [2.05, 4.69) is 10.3 Å². The van der Waals surface area contributed by atoms with Crippen molar-refractivity contribution in [2.24, 2.45) is 5.73 Å². The average Bonchev–Trinajstić information content (AvgIpc) is 2.63. The topological polar surface area (TPSA) is 68.0 Å². The quantitative estimate of drug-likeness (QED) is 0.764. The molecule has 0 fully saturated rings. The molecule has 1 amide bonds. The van der Waals surface area contributed by atoms with Gasteiger partial charge in [-0.25, -0.2) is 4.98 Å². The number of anilines is 1. The highest BCUT2D eigenvalue weighted by Crippen LogP contribution is 2.30. The van der Waals surface area contributed by atoms with Gasteiger partial charge in [0.25, 0.3) is 0 Å². The molecule has 0 aromatic carbocycles. The Morgan fingerprint density at radius 1 is 1.64 bits per heavy atom. The van der Waals surface area contributed by atoms with Gasteiger partial charge >= 0.3 is 0 Å². The van der Waals surface area contributed by atoms with E-state index in [4.69, 9.17) is 5.73 Å². The maximum absolute atomic E-state index is 11.3. The number of thiazole rings is 1. The van der Waals surface area contributed by atoms with Crippen LogP contribution in [0.1, 0.15) is 23.9 Å². The van der Waals surface area contributed by atoms with Crippen LogP contribution in [-0.4, -0.2) is 16.9 Å². The van der Waals surface area contributed by atoms with Gasteiger partial charge in [-0.05, 0) is 26.2 Å². The van der Waals surface area contributed by atoms with E-state index in [0.29, 0.717) is 5.13 Å². The summed E-state index contributed by atoms with van der Waals surface area (Å²) in [5, 5.41) is 3.41. The largest absolute Gasteiger partial charge is 0.320 e. The molecule has 1 atom stereocenters. The first kappa shape index (κ1) is 9.61. The van der Waals surface area contributed by atoms with Crippen LogP contribution in [0.4, 0.5) is 5.13 Å². The molecular formula is C9H13N3OS. The Bertz CT molecular complexity index is 337. The van der Waals surface area contributed by atoms with Crippen molar-refractivity contribution >= 4 is 22.4 Å². The zero-order valence-electron chi connectivity index (χ0n) is 8.04. The summed E-state index contributed by atoms with van der Waals surface area (Å²) in [6, 6.07) is -0.478. The van der Waals surface area contributed by atoms with Crippen molar-refractivity contribution in [3.05, 3.63) is 10.6 Å². The molecule has 0 spiro atoms. The van der Waals surface area contributed by atoms with Gasteiger partial charge in [-0.2, -0.15) is 0 Å². The van der Waals surface area contributed by atoms with Crippen LogP contribution in [-0.2, 0) is 17.6 Å². The lowest BCUT2D eigenvalue weighted by Crippen LogP contribution is -2.32. The van der Waals surface area contributed by atoms with E-state index >= 15 is 0 Å². The van der Waals surface area contributed by atoms with Crippen molar-refractivity contribution in [3.63, 3.8) is 0 Å². The second-order valence-corrected chi connectivity index (χ2v) is 4.60. The lowest BCUT2D eigenvalue weighted by Gasteiger charge is -2.03. The van der Waals surface area contributed by atoms with E-state index in [0.717, 1.165) is 18.5 Å². The first-order valence-electron chi connectivity index (χ1n) is 4.72. The summed E-state index contributed by atoms with van der Waals surface area (Å²) >= 11 is 1.57. The third kappa shape index (κ3) is 1.78. The van der Waals surface area contributed by atoms with Crippen LogP contribution in [0, 0.1) is 0 Å². The van der Waals surface area contributed by atoms with Gasteiger partial charge in [-0.3, -0.25) is 4.79 Å². The van der Waals surface area contributed by atoms with Gasteiger partial charge in [0, 0.05) is 4.88 Å². The maximum atomic E-state index is 11.3. The zero-order valence-corrected chi connectivity index (χ0v) is 8.86. The summed E-state index contributed by atoms with van der Waals surface area (Å²) in [5.74, 6) is -0.169. The van der Waals surface area contributed by atoms with Crippen LogP contribution >= 0.6 is 11.3 Å². The predicted molar refractivity (Wildman–Crippen MR) is 56.4 cm³/mol. The number of nitrogens with two attached hydrogens (primary N) is 1. The van der Waals surface area contributed by atoms with Crippen LogP contribution in [0.3, 0.4) is 0 Å². The Hall–Kier alpha value is -0.940. The fourth-order valence-corrected chi connectivity index (χ4v) is 2.52. The molecule has 0 saturated carbocycles. The number of rotatable bonds is 2. The molecule has 14 heavy (non-hydrogen) atoms. The van der Waals surface area contributed by atoms with Crippen molar-refractivity contribution in [3.8, 4) is 0 Å². The van der Waals surface area contributed by atoms with Gasteiger partial charge in [-0.15, -0.1) is 11.3 Å². The molecule has 1 heterocycles. The van der Waals surface area contributed by atoms with E-state index in [9.17, 15) is 4.79 Å². The number of nitrogens with one attached hydrogen (secondary N) is 1. The minimum atomic E-state index is -0.478. The highest BCUT2D eigenvalue weighted by atomic mass is 32.1. The third-order valence-corrected chi connectivity index (χ3v) is 3.31. The second kappa shape index (κ2) is 3.67. The smallest absolute Gasteiger partial charge is 0.242 e. The van der Waals surface area contributed by atoms with Crippen molar-refractivity contribution in [2.45, 2.75) is 32.2 Å². The van der Waals surface area contributed by atoms with Crippen molar-refractivity contribution in [1.82, 2.24) is 4.98 Å².